The van der Waals surface area contributed by atoms with Crippen molar-refractivity contribution >= 4 is 29.1 Å². The molecule has 0 aliphatic rings. The fourth-order valence-corrected chi connectivity index (χ4v) is 4.09. The van der Waals surface area contributed by atoms with E-state index in [2.05, 4.69) is 15.3 Å². The van der Waals surface area contributed by atoms with Gasteiger partial charge in [-0.2, -0.15) is 9.50 Å². The van der Waals surface area contributed by atoms with Gasteiger partial charge in [0.1, 0.15) is 12.1 Å². The summed E-state index contributed by atoms with van der Waals surface area (Å²) in [4.78, 5) is 34.7. The van der Waals surface area contributed by atoms with Crippen LogP contribution in [0.4, 0.5) is 10.1 Å². The number of aromatic nitrogens is 4. The molecule has 0 bridgehead atoms. The Hall–Kier alpha value is -3.46. The van der Waals surface area contributed by atoms with Gasteiger partial charge in [0, 0.05) is 28.3 Å². The molecule has 2 aromatic carbocycles. The van der Waals surface area contributed by atoms with Gasteiger partial charge in [0.05, 0.1) is 11.4 Å². The molecule has 4 aromatic rings. The minimum absolute atomic E-state index is 0.0808. The first kappa shape index (κ1) is 21.8. The Kier molecular flexibility index (Phi) is 6.09. The maximum Gasteiger partial charge on any atom is 0.274 e. The molecule has 164 valence electrons. The first-order valence-electron chi connectivity index (χ1n) is 10.1. The van der Waals surface area contributed by atoms with Crippen LogP contribution in [0.1, 0.15) is 41.5 Å². The predicted octanol–water partition coefficient (Wildman–Crippen LogP) is 4.46. The van der Waals surface area contributed by atoms with E-state index in [4.69, 9.17) is 0 Å². The van der Waals surface area contributed by atoms with Crippen molar-refractivity contribution in [3.63, 3.8) is 0 Å². The minimum atomic E-state index is -0.423. The Balaban J connectivity index is 1.53. The molecule has 0 saturated carbocycles. The largest absolute Gasteiger partial charge is 0.321 e. The molecular weight excluding hydrogens is 429 g/mol. The molecule has 0 atom stereocenters. The molecule has 0 aliphatic heterocycles. The van der Waals surface area contributed by atoms with Gasteiger partial charge < -0.3 is 5.32 Å². The Morgan fingerprint density at radius 3 is 2.72 bits per heavy atom. The van der Waals surface area contributed by atoms with Crippen LogP contribution >= 0.6 is 11.8 Å². The maximum absolute atomic E-state index is 13.8. The molecule has 0 unspecified atom stereocenters. The SMILES string of the molecule is Cc1ccc(C(=O)Nc2ccccc2SCc2cc(=O)n3c(ncn3C(C)C)n2)cc1F. The van der Waals surface area contributed by atoms with Crippen LogP contribution in [0, 0.1) is 12.7 Å². The number of halogens is 1. The highest BCUT2D eigenvalue weighted by Gasteiger charge is 2.13. The summed E-state index contributed by atoms with van der Waals surface area (Å²) in [7, 11) is 0. The summed E-state index contributed by atoms with van der Waals surface area (Å²) in [6, 6.07) is 13.3. The summed E-state index contributed by atoms with van der Waals surface area (Å²) in [6.45, 7) is 5.58. The Bertz CT molecular complexity index is 1360. The first-order valence-corrected chi connectivity index (χ1v) is 11.1. The second-order valence-electron chi connectivity index (χ2n) is 7.62. The highest BCUT2D eigenvalue weighted by atomic mass is 32.2. The van der Waals surface area contributed by atoms with Crippen molar-refractivity contribution in [1.82, 2.24) is 19.2 Å². The van der Waals surface area contributed by atoms with Crippen LogP contribution in [0.5, 0.6) is 0 Å². The van der Waals surface area contributed by atoms with E-state index in [0.29, 0.717) is 28.5 Å². The van der Waals surface area contributed by atoms with Crippen LogP contribution in [-0.4, -0.2) is 25.1 Å². The molecule has 32 heavy (non-hydrogen) atoms. The normalized spacial score (nSPS) is 11.3. The lowest BCUT2D eigenvalue weighted by Crippen LogP contribution is -2.22. The lowest BCUT2D eigenvalue weighted by atomic mass is 10.1. The van der Waals surface area contributed by atoms with Gasteiger partial charge in [-0.3, -0.25) is 14.3 Å². The van der Waals surface area contributed by atoms with Gasteiger partial charge in [0.2, 0.25) is 0 Å². The summed E-state index contributed by atoms with van der Waals surface area (Å²) in [6.07, 6.45) is 1.60. The number of fused-ring (bicyclic) bond motifs is 1. The molecule has 1 N–H and O–H groups in total. The summed E-state index contributed by atoms with van der Waals surface area (Å²) in [5.41, 5.74) is 1.73. The second-order valence-corrected chi connectivity index (χ2v) is 8.64. The number of carbonyl (C=O) groups is 1. The van der Waals surface area contributed by atoms with E-state index in [9.17, 15) is 14.0 Å². The van der Waals surface area contributed by atoms with Gasteiger partial charge in [-0.1, -0.05) is 18.2 Å². The van der Waals surface area contributed by atoms with Gasteiger partial charge in [0.25, 0.3) is 17.2 Å². The zero-order valence-corrected chi connectivity index (χ0v) is 18.7. The van der Waals surface area contributed by atoms with Crippen LogP contribution in [-0.2, 0) is 5.75 Å². The third-order valence-electron chi connectivity index (χ3n) is 4.93. The molecule has 0 saturated heterocycles. The Labute approximate surface area is 188 Å². The van der Waals surface area contributed by atoms with E-state index in [1.165, 1.54) is 28.4 Å². The number of carbonyl (C=O) groups excluding carboxylic acids is 1. The molecule has 0 radical (unpaired) electrons. The molecule has 7 nitrogen and oxygen atoms in total. The molecule has 4 rings (SSSR count). The maximum atomic E-state index is 13.8. The molecule has 0 fully saturated rings. The number of nitrogens with zero attached hydrogens (tertiary/aromatic N) is 4. The van der Waals surface area contributed by atoms with Crippen LogP contribution in [0.2, 0.25) is 0 Å². The third-order valence-corrected chi connectivity index (χ3v) is 6.04. The lowest BCUT2D eigenvalue weighted by molar-refractivity contribution is 0.102. The molecule has 1 amide bonds. The zero-order valence-electron chi connectivity index (χ0n) is 17.9. The van der Waals surface area contributed by atoms with Crippen LogP contribution in [0.15, 0.2) is 64.5 Å². The minimum Gasteiger partial charge on any atom is -0.321 e. The molecule has 2 aromatic heterocycles. The van der Waals surface area contributed by atoms with Crippen LogP contribution in [0.3, 0.4) is 0 Å². The quantitative estimate of drug-likeness (QED) is 0.438. The molecule has 9 heteroatoms. The number of para-hydroxylation sites is 1. The lowest BCUT2D eigenvalue weighted by Gasteiger charge is -2.11. The Morgan fingerprint density at radius 1 is 1.19 bits per heavy atom. The van der Waals surface area contributed by atoms with E-state index in [1.54, 1.807) is 36.1 Å². The monoisotopic (exact) mass is 451 g/mol. The van der Waals surface area contributed by atoms with Crippen molar-refractivity contribution < 1.29 is 9.18 Å². The third kappa shape index (κ3) is 4.43. The average molecular weight is 452 g/mol. The number of aryl methyl sites for hydroxylation is 1. The van der Waals surface area contributed by atoms with Gasteiger partial charge in [0.15, 0.2) is 0 Å². The van der Waals surface area contributed by atoms with Crippen molar-refractivity contribution in [1.29, 1.82) is 0 Å². The van der Waals surface area contributed by atoms with E-state index < -0.39 is 11.7 Å². The number of rotatable bonds is 6. The summed E-state index contributed by atoms with van der Waals surface area (Å²) in [5.74, 6) is -0.0431. The van der Waals surface area contributed by atoms with Crippen molar-refractivity contribution in [2.24, 2.45) is 0 Å². The number of hydrogen-bond acceptors (Lipinski definition) is 5. The van der Waals surface area contributed by atoms with Crippen LogP contribution in [0.25, 0.3) is 5.78 Å². The first-order chi connectivity index (χ1) is 15.3. The highest BCUT2D eigenvalue weighted by molar-refractivity contribution is 7.98. The summed E-state index contributed by atoms with van der Waals surface area (Å²) in [5, 5.41) is 2.84. The van der Waals surface area contributed by atoms with Crippen molar-refractivity contribution in [3.8, 4) is 0 Å². The summed E-state index contributed by atoms with van der Waals surface area (Å²) >= 11 is 1.44. The van der Waals surface area contributed by atoms with Crippen molar-refractivity contribution in [3.05, 3.63) is 87.9 Å². The van der Waals surface area contributed by atoms with E-state index >= 15 is 0 Å². The fraction of sp³-hybridized carbons (Fsp3) is 0.217. The number of anilines is 1. The molecular formula is C23H22FN5O2S. The molecule has 0 spiro atoms. The molecule has 2 heterocycles. The van der Waals surface area contributed by atoms with E-state index in [1.807, 2.05) is 32.0 Å². The van der Waals surface area contributed by atoms with Crippen molar-refractivity contribution in [2.45, 2.75) is 37.5 Å². The number of nitrogens with one attached hydrogen (secondary N) is 1. The Morgan fingerprint density at radius 2 is 1.97 bits per heavy atom. The number of hydrogen-bond donors (Lipinski definition) is 1. The number of thioether (sulfide) groups is 1. The zero-order chi connectivity index (χ0) is 22.8. The highest BCUT2D eigenvalue weighted by Crippen LogP contribution is 2.29. The second kappa shape index (κ2) is 8.96. The van der Waals surface area contributed by atoms with Gasteiger partial charge in [-0.25, -0.2) is 9.37 Å². The number of benzene rings is 2. The molecule has 0 aliphatic carbocycles. The smallest absolute Gasteiger partial charge is 0.274 e. The predicted molar refractivity (Wildman–Crippen MR) is 123 cm³/mol. The fourth-order valence-electron chi connectivity index (χ4n) is 3.19. The number of amides is 1. The standard InChI is InChI=1S/C23H22FN5O2S/c1-14(2)28-13-25-23-26-17(11-21(30)29(23)28)12-32-20-7-5-4-6-19(20)27-22(31)16-9-8-15(3)18(24)10-16/h4-11,13-14H,12H2,1-3H3,(H,27,31). The topological polar surface area (TPSA) is 81.3 Å². The average Bonchev–Trinajstić information content (AvgIpc) is 3.20. The van der Waals surface area contributed by atoms with Gasteiger partial charge in [-0.15, -0.1) is 11.8 Å². The van der Waals surface area contributed by atoms with E-state index in [0.717, 1.165) is 4.90 Å². The van der Waals surface area contributed by atoms with Gasteiger partial charge >= 0.3 is 0 Å². The van der Waals surface area contributed by atoms with E-state index in [-0.39, 0.29) is 17.2 Å². The van der Waals surface area contributed by atoms with Crippen molar-refractivity contribution in [2.75, 3.05) is 5.32 Å². The van der Waals surface area contributed by atoms with Crippen LogP contribution < -0.4 is 10.9 Å². The van der Waals surface area contributed by atoms with Gasteiger partial charge in [-0.05, 0) is 50.6 Å². The summed E-state index contributed by atoms with van der Waals surface area (Å²) < 4.78 is 17.0.